The molecule has 0 spiro atoms. The third kappa shape index (κ3) is 4.26. The molecule has 2 amide bonds. The maximum absolute atomic E-state index is 12.7. The molecule has 3 rings (SSSR count). The van der Waals surface area contributed by atoms with Gasteiger partial charge in [0.25, 0.3) is 11.1 Å². The van der Waals surface area contributed by atoms with E-state index >= 15 is 0 Å². The number of benzene rings is 1. The normalized spacial score (nSPS) is 20.2. The van der Waals surface area contributed by atoms with Crippen molar-refractivity contribution >= 4 is 44.9 Å². The van der Waals surface area contributed by atoms with Gasteiger partial charge in [0.1, 0.15) is 0 Å². The molecule has 26 heavy (non-hydrogen) atoms. The fourth-order valence-electron chi connectivity index (χ4n) is 3.37. The lowest BCUT2D eigenvalue weighted by Gasteiger charge is -2.25. The summed E-state index contributed by atoms with van der Waals surface area (Å²) in [6.07, 6.45) is 7.45. The highest BCUT2D eigenvalue weighted by Crippen LogP contribution is 2.38. The van der Waals surface area contributed by atoms with Crippen LogP contribution in [0.15, 0.2) is 21.5 Å². The highest BCUT2D eigenvalue weighted by Gasteiger charge is 2.36. The lowest BCUT2D eigenvalue weighted by atomic mass is 9.89. The van der Waals surface area contributed by atoms with E-state index in [0.29, 0.717) is 39.8 Å². The summed E-state index contributed by atoms with van der Waals surface area (Å²) in [4.78, 5) is 26.8. The molecule has 7 heteroatoms. The van der Waals surface area contributed by atoms with E-state index in [1.165, 1.54) is 30.2 Å². The first-order valence-corrected chi connectivity index (χ1v) is 10.5. The second-order valence-corrected chi connectivity index (χ2v) is 8.42. The third-order valence-electron chi connectivity index (χ3n) is 4.70. The number of hydrogen-bond acceptors (Lipinski definition) is 5. The van der Waals surface area contributed by atoms with Gasteiger partial charge in [-0.1, -0.05) is 35.2 Å². The summed E-state index contributed by atoms with van der Waals surface area (Å²) < 4.78 is 6.03. The van der Waals surface area contributed by atoms with E-state index in [0.717, 1.165) is 24.6 Å². The Morgan fingerprint density at radius 1 is 1.31 bits per heavy atom. The molecule has 2 aliphatic rings. The van der Waals surface area contributed by atoms with Crippen molar-refractivity contribution < 1.29 is 19.4 Å². The van der Waals surface area contributed by atoms with Crippen LogP contribution in [0.5, 0.6) is 11.5 Å². The molecule has 1 saturated heterocycles. The van der Waals surface area contributed by atoms with Crippen molar-refractivity contribution in [2.45, 2.75) is 39.0 Å². The molecule has 0 aromatic heterocycles. The number of hydrogen-bond donors (Lipinski definition) is 1. The number of phenols is 1. The first-order valence-electron chi connectivity index (χ1n) is 8.90. The number of thioether (sulfide) groups is 1. The Hall–Kier alpha value is -1.47. The van der Waals surface area contributed by atoms with E-state index in [4.69, 9.17) is 4.74 Å². The van der Waals surface area contributed by atoms with Gasteiger partial charge < -0.3 is 9.84 Å². The maximum atomic E-state index is 12.7. The molecule has 1 aliphatic carbocycles. The Kier molecular flexibility index (Phi) is 6.29. The van der Waals surface area contributed by atoms with Crippen LogP contribution in [-0.2, 0) is 4.79 Å². The Balaban J connectivity index is 1.80. The van der Waals surface area contributed by atoms with Crippen molar-refractivity contribution in [2.75, 3.05) is 13.2 Å². The molecule has 1 heterocycles. The molecule has 140 valence electrons. The van der Waals surface area contributed by atoms with Crippen molar-refractivity contribution in [1.29, 1.82) is 0 Å². The first kappa shape index (κ1) is 19.3. The lowest BCUT2D eigenvalue weighted by Crippen LogP contribution is -2.34. The topological polar surface area (TPSA) is 66.8 Å². The van der Waals surface area contributed by atoms with E-state index in [9.17, 15) is 14.7 Å². The van der Waals surface area contributed by atoms with Crippen LogP contribution >= 0.6 is 27.7 Å². The Labute approximate surface area is 165 Å². The second-order valence-electron chi connectivity index (χ2n) is 6.57. The summed E-state index contributed by atoms with van der Waals surface area (Å²) in [5, 5.41) is 9.71. The summed E-state index contributed by atoms with van der Waals surface area (Å²) in [6, 6.07) is 3.20. The van der Waals surface area contributed by atoms with E-state index in [1.807, 2.05) is 6.92 Å². The molecule has 0 atom stereocenters. The summed E-state index contributed by atoms with van der Waals surface area (Å²) in [7, 11) is 0. The van der Waals surface area contributed by atoms with Crippen molar-refractivity contribution in [3.05, 3.63) is 27.1 Å². The summed E-state index contributed by atoms with van der Waals surface area (Å²) in [5.41, 5.74) is 0.689. The van der Waals surface area contributed by atoms with E-state index in [2.05, 4.69) is 15.9 Å². The van der Waals surface area contributed by atoms with Gasteiger partial charge in [-0.25, -0.2) is 0 Å². The van der Waals surface area contributed by atoms with Crippen molar-refractivity contribution in [1.82, 2.24) is 4.90 Å². The van der Waals surface area contributed by atoms with E-state index in [-0.39, 0.29) is 16.9 Å². The fourth-order valence-corrected chi connectivity index (χ4v) is 4.65. The molecule has 0 bridgehead atoms. The van der Waals surface area contributed by atoms with Gasteiger partial charge in [0.15, 0.2) is 11.5 Å². The summed E-state index contributed by atoms with van der Waals surface area (Å²) in [5.74, 6) is 0.565. The number of nitrogens with zero attached hydrogens (tertiary/aromatic N) is 1. The Morgan fingerprint density at radius 3 is 2.73 bits per heavy atom. The zero-order chi connectivity index (χ0) is 18.7. The molecule has 2 fully saturated rings. The molecule has 0 radical (unpaired) electrons. The average molecular weight is 440 g/mol. The van der Waals surface area contributed by atoms with Crippen LogP contribution in [0.1, 0.15) is 44.6 Å². The predicted octanol–water partition coefficient (Wildman–Crippen LogP) is 5.17. The molecule has 1 saturated carbocycles. The number of rotatable bonds is 5. The standard InChI is InChI=1S/C19H22BrNO4S/c1-2-25-16-8-13(14(20)10-15(16)22)9-17-18(23)21(19(24)26-17)11-12-6-4-3-5-7-12/h8-10,12,22H,2-7,11H2,1H3/b17-9+. The number of phenolic OH excluding ortho intramolecular Hbond substituents is 1. The van der Waals surface area contributed by atoms with Gasteiger partial charge in [-0.15, -0.1) is 0 Å². The zero-order valence-electron chi connectivity index (χ0n) is 14.7. The molecular formula is C19H22BrNO4S. The largest absolute Gasteiger partial charge is 0.504 e. The minimum Gasteiger partial charge on any atom is -0.504 e. The number of halogens is 1. The van der Waals surface area contributed by atoms with E-state index < -0.39 is 0 Å². The highest BCUT2D eigenvalue weighted by molar-refractivity contribution is 9.10. The number of amides is 2. The zero-order valence-corrected chi connectivity index (χ0v) is 17.1. The van der Waals surface area contributed by atoms with Crippen molar-refractivity contribution in [3.63, 3.8) is 0 Å². The quantitative estimate of drug-likeness (QED) is 0.640. The maximum Gasteiger partial charge on any atom is 0.293 e. The average Bonchev–Trinajstić information content (AvgIpc) is 2.88. The van der Waals surface area contributed by atoms with Crippen molar-refractivity contribution in [3.8, 4) is 11.5 Å². The van der Waals surface area contributed by atoms with E-state index in [1.54, 1.807) is 12.1 Å². The molecule has 1 N–H and O–H groups in total. The molecule has 0 unspecified atom stereocenters. The van der Waals surface area contributed by atoms with Crippen LogP contribution in [0.25, 0.3) is 6.08 Å². The van der Waals surface area contributed by atoms with Gasteiger partial charge >= 0.3 is 0 Å². The molecule has 1 aromatic carbocycles. The smallest absolute Gasteiger partial charge is 0.293 e. The van der Waals surface area contributed by atoms with Crippen LogP contribution in [0.3, 0.4) is 0 Å². The Morgan fingerprint density at radius 2 is 2.04 bits per heavy atom. The van der Waals surface area contributed by atoms with Gasteiger partial charge in [-0.05, 0) is 61.2 Å². The minimum absolute atomic E-state index is 0.0290. The number of aromatic hydroxyl groups is 1. The monoisotopic (exact) mass is 439 g/mol. The molecule has 1 aliphatic heterocycles. The minimum atomic E-state index is -0.233. The SMILES string of the molecule is CCOc1cc(/C=C2/SC(=O)N(CC3CCCCC3)C2=O)c(Br)cc1O. The van der Waals surface area contributed by atoms with Crippen LogP contribution in [-0.4, -0.2) is 34.3 Å². The van der Waals surface area contributed by atoms with Gasteiger partial charge in [0, 0.05) is 11.0 Å². The van der Waals surface area contributed by atoms with Gasteiger partial charge in [0.05, 0.1) is 11.5 Å². The molecular weight excluding hydrogens is 418 g/mol. The second kappa shape index (κ2) is 8.48. The van der Waals surface area contributed by atoms with Crippen LogP contribution in [0.4, 0.5) is 4.79 Å². The number of ether oxygens (including phenoxy) is 1. The number of carbonyl (C=O) groups is 2. The fraction of sp³-hybridized carbons (Fsp3) is 0.474. The lowest BCUT2D eigenvalue weighted by molar-refractivity contribution is -0.123. The molecule has 1 aromatic rings. The molecule has 5 nitrogen and oxygen atoms in total. The third-order valence-corrected chi connectivity index (χ3v) is 6.30. The van der Waals surface area contributed by atoms with Crippen molar-refractivity contribution in [2.24, 2.45) is 5.92 Å². The Bertz CT molecular complexity index is 743. The van der Waals surface area contributed by atoms with Gasteiger partial charge in [-0.2, -0.15) is 0 Å². The number of carbonyl (C=O) groups excluding carboxylic acids is 2. The predicted molar refractivity (Wildman–Crippen MR) is 106 cm³/mol. The van der Waals surface area contributed by atoms with Crippen LogP contribution in [0.2, 0.25) is 0 Å². The van der Waals surface area contributed by atoms with Crippen LogP contribution in [0, 0.1) is 5.92 Å². The number of imide groups is 1. The van der Waals surface area contributed by atoms with Crippen LogP contribution < -0.4 is 4.74 Å². The summed E-state index contributed by atoms with van der Waals surface area (Å²) >= 11 is 4.36. The first-order chi connectivity index (χ1) is 12.5. The summed E-state index contributed by atoms with van der Waals surface area (Å²) in [6.45, 7) is 2.77. The van der Waals surface area contributed by atoms with Gasteiger partial charge in [0.2, 0.25) is 0 Å². The highest BCUT2D eigenvalue weighted by atomic mass is 79.9. The van der Waals surface area contributed by atoms with Gasteiger partial charge in [-0.3, -0.25) is 14.5 Å².